The standard InChI is InChI=1S/C25H20N4O/c1-30-25-16-20(11-12-24(25)28-14-13-26-17-28)10-9-19-5-4-6-21(15-19)29-18-27-22-7-2-3-8-23(22)29/h2-18H,1H3. The number of hydrogen-bond acceptors (Lipinski definition) is 3. The molecule has 0 spiro atoms. The highest BCUT2D eigenvalue weighted by molar-refractivity contribution is 5.78. The minimum absolute atomic E-state index is 0.800. The first-order valence-corrected chi connectivity index (χ1v) is 9.69. The number of imidazole rings is 2. The van der Waals surface area contributed by atoms with Crippen molar-refractivity contribution in [1.82, 2.24) is 19.1 Å². The van der Waals surface area contributed by atoms with Crippen LogP contribution in [-0.2, 0) is 0 Å². The van der Waals surface area contributed by atoms with Crippen LogP contribution < -0.4 is 4.74 Å². The number of hydrogen-bond donors (Lipinski definition) is 0. The SMILES string of the molecule is COc1cc(C=Cc2cccc(-n3cnc4ccccc43)c2)ccc1-n1ccnc1. The Morgan fingerprint density at radius 3 is 2.57 bits per heavy atom. The summed E-state index contributed by atoms with van der Waals surface area (Å²) in [7, 11) is 1.68. The Morgan fingerprint density at radius 1 is 0.867 bits per heavy atom. The highest BCUT2D eigenvalue weighted by Crippen LogP contribution is 2.25. The van der Waals surface area contributed by atoms with Gasteiger partial charge in [-0.25, -0.2) is 9.97 Å². The van der Waals surface area contributed by atoms with Crippen LogP contribution in [0.25, 0.3) is 34.6 Å². The Kier molecular flexibility index (Phi) is 4.62. The zero-order valence-electron chi connectivity index (χ0n) is 16.5. The van der Waals surface area contributed by atoms with E-state index in [9.17, 15) is 0 Å². The first-order valence-electron chi connectivity index (χ1n) is 9.69. The number of ether oxygens (including phenoxy) is 1. The van der Waals surface area contributed by atoms with Gasteiger partial charge in [0.15, 0.2) is 0 Å². The summed E-state index contributed by atoms with van der Waals surface area (Å²) in [4.78, 5) is 8.60. The summed E-state index contributed by atoms with van der Waals surface area (Å²) in [5.74, 6) is 0.800. The van der Waals surface area contributed by atoms with Gasteiger partial charge in [-0.2, -0.15) is 0 Å². The van der Waals surface area contributed by atoms with Crippen molar-refractivity contribution in [3.63, 3.8) is 0 Å². The summed E-state index contributed by atoms with van der Waals surface area (Å²) < 4.78 is 9.62. The van der Waals surface area contributed by atoms with E-state index < -0.39 is 0 Å². The second-order valence-electron chi connectivity index (χ2n) is 6.93. The molecule has 2 heterocycles. The van der Waals surface area contributed by atoms with Gasteiger partial charge in [-0.1, -0.05) is 42.5 Å². The lowest BCUT2D eigenvalue weighted by molar-refractivity contribution is 0.413. The number of aromatic nitrogens is 4. The molecule has 5 nitrogen and oxygen atoms in total. The van der Waals surface area contributed by atoms with E-state index in [0.29, 0.717) is 0 Å². The van der Waals surface area contributed by atoms with Crippen LogP contribution in [0.5, 0.6) is 5.75 Å². The molecular weight excluding hydrogens is 372 g/mol. The van der Waals surface area contributed by atoms with Crippen LogP contribution in [0.15, 0.2) is 91.8 Å². The highest BCUT2D eigenvalue weighted by Gasteiger charge is 2.06. The number of para-hydroxylation sites is 2. The van der Waals surface area contributed by atoms with Crippen molar-refractivity contribution >= 4 is 23.2 Å². The Balaban J connectivity index is 1.44. The molecule has 0 aliphatic heterocycles. The summed E-state index contributed by atoms with van der Waals surface area (Å²) in [5, 5.41) is 0. The van der Waals surface area contributed by atoms with Gasteiger partial charge >= 0.3 is 0 Å². The molecule has 0 N–H and O–H groups in total. The van der Waals surface area contributed by atoms with Crippen LogP contribution in [0, 0.1) is 0 Å². The molecule has 0 aliphatic rings. The van der Waals surface area contributed by atoms with Gasteiger partial charge in [0.1, 0.15) is 12.1 Å². The molecule has 5 rings (SSSR count). The van der Waals surface area contributed by atoms with E-state index in [2.05, 4.69) is 63.1 Å². The molecule has 0 bridgehead atoms. The summed E-state index contributed by atoms with van der Waals surface area (Å²) in [6.45, 7) is 0. The maximum absolute atomic E-state index is 5.58. The van der Waals surface area contributed by atoms with Crippen molar-refractivity contribution < 1.29 is 4.74 Å². The van der Waals surface area contributed by atoms with Crippen LogP contribution in [0.3, 0.4) is 0 Å². The molecule has 146 valence electrons. The molecular formula is C25H20N4O. The molecule has 0 aliphatic carbocycles. The zero-order chi connectivity index (χ0) is 20.3. The highest BCUT2D eigenvalue weighted by atomic mass is 16.5. The minimum atomic E-state index is 0.800. The second kappa shape index (κ2) is 7.72. The van der Waals surface area contributed by atoms with Crippen molar-refractivity contribution in [2.45, 2.75) is 0 Å². The topological polar surface area (TPSA) is 44.9 Å². The molecule has 5 heteroatoms. The lowest BCUT2D eigenvalue weighted by Gasteiger charge is -2.10. The van der Waals surface area contributed by atoms with Gasteiger partial charge in [0.2, 0.25) is 0 Å². The number of benzene rings is 3. The molecule has 0 fully saturated rings. The third-order valence-corrected chi connectivity index (χ3v) is 5.06. The Bertz CT molecular complexity index is 1330. The van der Waals surface area contributed by atoms with E-state index >= 15 is 0 Å². The molecule has 5 aromatic rings. The van der Waals surface area contributed by atoms with E-state index in [1.54, 1.807) is 19.6 Å². The number of methoxy groups -OCH3 is 1. The molecule has 0 saturated carbocycles. The van der Waals surface area contributed by atoms with Crippen LogP contribution in [0.2, 0.25) is 0 Å². The lowest BCUT2D eigenvalue weighted by Crippen LogP contribution is -1.95. The molecule has 0 unspecified atom stereocenters. The minimum Gasteiger partial charge on any atom is -0.495 e. The number of nitrogens with zero attached hydrogens (tertiary/aromatic N) is 4. The fourth-order valence-corrected chi connectivity index (χ4v) is 3.55. The Morgan fingerprint density at radius 2 is 1.73 bits per heavy atom. The van der Waals surface area contributed by atoms with E-state index in [0.717, 1.165) is 39.3 Å². The molecule has 0 radical (unpaired) electrons. The Hall–Kier alpha value is -4.12. The van der Waals surface area contributed by atoms with Crippen LogP contribution in [0.4, 0.5) is 0 Å². The molecule has 0 atom stereocenters. The first-order chi connectivity index (χ1) is 14.8. The molecule has 3 aromatic carbocycles. The average molecular weight is 392 g/mol. The monoisotopic (exact) mass is 392 g/mol. The molecule has 30 heavy (non-hydrogen) atoms. The van der Waals surface area contributed by atoms with Crippen molar-refractivity contribution in [2.24, 2.45) is 0 Å². The maximum Gasteiger partial charge on any atom is 0.143 e. The van der Waals surface area contributed by atoms with Gasteiger partial charge in [-0.3, -0.25) is 4.57 Å². The fraction of sp³-hybridized carbons (Fsp3) is 0.0400. The largest absolute Gasteiger partial charge is 0.495 e. The zero-order valence-corrected chi connectivity index (χ0v) is 16.5. The lowest BCUT2D eigenvalue weighted by atomic mass is 10.1. The second-order valence-corrected chi connectivity index (χ2v) is 6.93. The van der Waals surface area contributed by atoms with Crippen LogP contribution in [0.1, 0.15) is 11.1 Å². The summed E-state index contributed by atoms with van der Waals surface area (Å²) in [6, 6.07) is 22.7. The van der Waals surface area contributed by atoms with Crippen molar-refractivity contribution in [3.05, 3.63) is 103 Å². The van der Waals surface area contributed by atoms with Gasteiger partial charge in [0, 0.05) is 18.1 Å². The quantitative estimate of drug-likeness (QED) is 0.377. The summed E-state index contributed by atoms with van der Waals surface area (Å²) >= 11 is 0. The van der Waals surface area contributed by atoms with E-state index in [1.165, 1.54) is 0 Å². The van der Waals surface area contributed by atoms with Crippen LogP contribution in [-0.4, -0.2) is 26.2 Å². The van der Waals surface area contributed by atoms with E-state index in [4.69, 9.17) is 4.74 Å². The van der Waals surface area contributed by atoms with Gasteiger partial charge in [-0.05, 0) is 47.5 Å². The molecule has 0 amide bonds. The average Bonchev–Trinajstić information content (AvgIpc) is 3.48. The van der Waals surface area contributed by atoms with E-state index in [-0.39, 0.29) is 0 Å². The normalized spacial score (nSPS) is 11.4. The Labute approximate surface area is 174 Å². The fourth-order valence-electron chi connectivity index (χ4n) is 3.55. The van der Waals surface area contributed by atoms with Crippen molar-refractivity contribution in [1.29, 1.82) is 0 Å². The number of rotatable bonds is 5. The molecule has 2 aromatic heterocycles. The van der Waals surface area contributed by atoms with E-state index in [1.807, 2.05) is 47.4 Å². The maximum atomic E-state index is 5.58. The third-order valence-electron chi connectivity index (χ3n) is 5.06. The number of fused-ring (bicyclic) bond motifs is 1. The third kappa shape index (κ3) is 3.37. The first kappa shape index (κ1) is 17.9. The van der Waals surface area contributed by atoms with Gasteiger partial charge in [-0.15, -0.1) is 0 Å². The van der Waals surface area contributed by atoms with Gasteiger partial charge in [0.25, 0.3) is 0 Å². The smallest absolute Gasteiger partial charge is 0.143 e. The van der Waals surface area contributed by atoms with Crippen LogP contribution >= 0.6 is 0 Å². The van der Waals surface area contributed by atoms with Gasteiger partial charge < -0.3 is 9.30 Å². The van der Waals surface area contributed by atoms with Crippen molar-refractivity contribution in [2.75, 3.05) is 7.11 Å². The summed E-state index contributed by atoms with van der Waals surface area (Å²) in [6.07, 6.45) is 11.5. The predicted molar refractivity (Wildman–Crippen MR) is 120 cm³/mol. The molecule has 0 saturated heterocycles. The van der Waals surface area contributed by atoms with Gasteiger partial charge in [0.05, 0.1) is 30.2 Å². The van der Waals surface area contributed by atoms with Crippen molar-refractivity contribution in [3.8, 4) is 17.1 Å². The predicted octanol–water partition coefficient (Wildman–Crippen LogP) is 5.39. The summed E-state index contributed by atoms with van der Waals surface area (Å²) in [5.41, 5.74) is 6.30.